The summed E-state index contributed by atoms with van der Waals surface area (Å²) in [4.78, 5) is 18.5. The molecule has 1 aromatic rings. The highest BCUT2D eigenvalue weighted by molar-refractivity contribution is 5.69. The molecule has 0 saturated heterocycles. The number of hydrogen-bond donors (Lipinski definition) is 2. The first kappa shape index (κ1) is 16.1. The van der Waals surface area contributed by atoms with Gasteiger partial charge in [0.2, 0.25) is 11.6 Å². The first-order valence-electron chi connectivity index (χ1n) is 6.65. The molecule has 0 atom stereocenters. The van der Waals surface area contributed by atoms with Gasteiger partial charge in [-0.1, -0.05) is 6.92 Å². The van der Waals surface area contributed by atoms with Crippen molar-refractivity contribution < 1.29 is 9.66 Å². The van der Waals surface area contributed by atoms with Crippen molar-refractivity contribution in [3.8, 4) is 0 Å². The van der Waals surface area contributed by atoms with E-state index in [1.165, 1.54) is 6.33 Å². The van der Waals surface area contributed by atoms with Crippen LogP contribution in [0.15, 0.2) is 6.33 Å². The molecule has 0 radical (unpaired) electrons. The van der Waals surface area contributed by atoms with Crippen molar-refractivity contribution in [1.82, 2.24) is 9.97 Å². The van der Waals surface area contributed by atoms with Crippen LogP contribution in [0.2, 0.25) is 0 Å². The Bertz CT molecular complexity index is 439. The van der Waals surface area contributed by atoms with Gasteiger partial charge in [-0.25, -0.2) is 9.97 Å². The van der Waals surface area contributed by atoms with Crippen LogP contribution in [0.25, 0.3) is 0 Å². The lowest BCUT2D eigenvalue weighted by atomic mass is 10.4. The summed E-state index contributed by atoms with van der Waals surface area (Å²) in [6, 6.07) is 0. The van der Waals surface area contributed by atoms with E-state index in [1.54, 1.807) is 0 Å². The van der Waals surface area contributed by atoms with Gasteiger partial charge in [0, 0.05) is 13.1 Å². The minimum atomic E-state index is -0.483. The smallest absolute Gasteiger partial charge is 0.353 e. The molecule has 1 aromatic heterocycles. The van der Waals surface area contributed by atoms with Crippen LogP contribution < -0.4 is 10.6 Å². The molecule has 0 aliphatic rings. The van der Waals surface area contributed by atoms with Crippen molar-refractivity contribution in [3.05, 3.63) is 16.4 Å². The van der Waals surface area contributed by atoms with Gasteiger partial charge in [-0.15, -0.1) is 0 Å². The summed E-state index contributed by atoms with van der Waals surface area (Å²) >= 11 is 0. The molecule has 1 rings (SSSR count). The predicted molar refractivity (Wildman–Crippen MR) is 77.0 cm³/mol. The van der Waals surface area contributed by atoms with Crippen LogP contribution in [0.3, 0.4) is 0 Å². The lowest BCUT2D eigenvalue weighted by Crippen LogP contribution is -2.16. The third-order valence-electron chi connectivity index (χ3n) is 2.39. The summed E-state index contributed by atoms with van der Waals surface area (Å²) in [6.45, 7) is 7.36. The molecule has 0 amide bonds. The van der Waals surface area contributed by atoms with Gasteiger partial charge in [0.1, 0.15) is 6.33 Å². The van der Waals surface area contributed by atoms with Gasteiger partial charge in [-0.2, -0.15) is 0 Å². The van der Waals surface area contributed by atoms with Crippen molar-refractivity contribution >= 4 is 17.3 Å². The second kappa shape index (κ2) is 8.26. The van der Waals surface area contributed by atoms with Gasteiger partial charge in [0.05, 0.1) is 17.6 Å². The zero-order valence-electron chi connectivity index (χ0n) is 12.0. The first-order chi connectivity index (χ1) is 9.56. The largest absolute Gasteiger partial charge is 0.377 e. The van der Waals surface area contributed by atoms with E-state index >= 15 is 0 Å². The molecule has 112 valence electrons. The van der Waals surface area contributed by atoms with E-state index in [4.69, 9.17) is 4.74 Å². The number of anilines is 2. The summed E-state index contributed by atoms with van der Waals surface area (Å²) in [7, 11) is 0. The highest BCUT2D eigenvalue weighted by atomic mass is 16.6. The number of rotatable bonds is 9. The van der Waals surface area contributed by atoms with Crippen LogP contribution in [-0.4, -0.2) is 40.7 Å². The highest BCUT2D eigenvalue weighted by Crippen LogP contribution is 2.28. The van der Waals surface area contributed by atoms with Crippen molar-refractivity contribution in [2.45, 2.75) is 33.3 Å². The molecule has 0 spiro atoms. The number of ether oxygens (including phenoxy) is 1. The molecule has 0 aliphatic heterocycles. The van der Waals surface area contributed by atoms with Crippen LogP contribution in [0.4, 0.5) is 17.3 Å². The summed E-state index contributed by atoms with van der Waals surface area (Å²) in [6.07, 6.45) is 2.28. The van der Waals surface area contributed by atoms with Crippen LogP contribution >= 0.6 is 0 Å². The number of nitrogens with zero attached hydrogens (tertiary/aromatic N) is 3. The maximum Gasteiger partial charge on any atom is 0.353 e. The fourth-order valence-electron chi connectivity index (χ4n) is 1.52. The van der Waals surface area contributed by atoms with Gasteiger partial charge in [-0.3, -0.25) is 10.1 Å². The van der Waals surface area contributed by atoms with Crippen LogP contribution in [0, 0.1) is 10.1 Å². The fourth-order valence-corrected chi connectivity index (χ4v) is 1.52. The molecule has 8 nitrogen and oxygen atoms in total. The molecular weight excluding hydrogens is 262 g/mol. The third kappa shape index (κ3) is 4.96. The Morgan fingerprint density at radius 3 is 2.40 bits per heavy atom. The molecule has 0 unspecified atom stereocenters. The van der Waals surface area contributed by atoms with Crippen LogP contribution in [0.5, 0.6) is 0 Å². The normalized spacial score (nSPS) is 10.6. The SMILES string of the molecule is CCCNc1ncnc(NCCOC(C)C)c1[N+](=O)[O-]. The Morgan fingerprint density at radius 2 is 1.90 bits per heavy atom. The molecule has 1 heterocycles. The zero-order valence-corrected chi connectivity index (χ0v) is 12.0. The van der Waals surface area contributed by atoms with E-state index in [-0.39, 0.29) is 23.4 Å². The quantitative estimate of drug-likeness (QED) is 0.406. The van der Waals surface area contributed by atoms with E-state index in [1.807, 2.05) is 20.8 Å². The van der Waals surface area contributed by atoms with E-state index in [2.05, 4.69) is 20.6 Å². The zero-order chi connectivity index (χ0) is 15.0. The number of hydrogen-bond acceptors (Lipinski definition) is 7. The summed E-state index contributed by atoms with van der Waals surface area (Å²) in [5.74, 6) is 0.440. The molecule has 0 saturated carbocycles. The Labute approximate surface area is 118 Å². The third-order valence-corrected chi connectivity index (χ3v) is 2.39. The summed E-state index contributed by atoms with van der Waals surface area (Å²) in [5, 5.41) is 17.0. The topological polar surface area (TPSA) is 102 Å². The monoisotopic (exact) mass is 283 g/mol. The van der Waals surface area contributed by atoms with Crippen molar-refractivity contribution in [1.29, 1.82) is 0 Å². The Kier molecular flexibility index (Phi) is 6.65. The Morgan fingerprint density at radius 1 is 1.30 bits per heavy atom. The Balaban J connectivity index is 2.76. The number of aromatic nitrogens is 2. The molecular formula is C12H21N5O3. The number of nitro groups is 1. The minimum Gasteiger partial charge on any atom is -0.377 e. The van der Waals surface area contributed by atoms with Gasteiger partial charge >= 0.3 is 5.69 Å². The van der Waals surface area contributed by atoms with Crippen molar-refractivity contribution in [3.63, 3.8) is 0 Å². The van der Waals surface area contributed by atoms with Gasteiger partial charge in [0.25, 0.3) is 0 Å². The molecule has 0 fully saturated rings. The first-order valence-corrected chi connectivity index (χ1v) is 6.65. The second-order valence-electron chi connectivity index (χ2n) is 4.45. The average Bonchev–Trinajstić information content (AvgIpc) is 2.40. The van der Waals surface area contributed by atoms with E-state index in [0.717, 1.165) is 6.42 Å². The standard InChI is InChI=1S/C12H21N5O3/c1-4-5-13-11-10(17(18)19)12(16-8-15-11)14-6-7-20-9(2)3/h8-9H,4-7H2,1-3H3,(H2,13,14,15,16). The lowest BCUT2D eigenvalue weighted by Gasteiger charge is -2.10. The van der Waals surface area contributed by atoms with Gasteiger partial charge in [0.15, 0.2) is 0 Å². The average molecular weight is 283 g/mol. The lowest BCUT2D eigenvalue weighted by molar-refractivity contribution is -0.383. The Hall–Kier alpha value is -1.96. The maximum atomic E-state index is 11.2. The molecule has 20 heavy (non-hydrogen) atoms. The van der Waals surface area contributed by atoms with E-state index < -0.39 is 4.92 Å². The molecule has 2 N–H and O–H groups in total. The van der Waals surface area contributed by atoms with Crippen LogP contribution in [0.1, 0.15) is 27.2 Å². The number of nitrogens with one attached hydrogen (secondary N) is 2. The van der Waals surface area contributed by atoms with Gasteiger partial charge < -0.3 is 15.4 Å². The molecule has 0 aliphatic carbocycles. The van der Waals surface area contributed by atoms with E-state index in [0.29, 0.717) is 19.7 Å². The van der Waals surface area contributed by atoms with Crippen LogP contribution in [-0.2, 0) is 4.74 Å². The minimum absolute atomic E-state index is 0.124. The molecule has 0 aromatic carbocycles. The van der Waals surface area contributed by atoms with Gasteiger partial charge in [-0.05, 0) is 20.3 Å². The second-order valence-corrected chi connectivity index (χ2v) is 4.45. The summed E-state index contributed by atoms with van der Waals surface area (Å²) in [5.41, 5.74) is -0.134. The molecule has 8 heteroatoms. The maximum absolute atomic E-state index is 11.2. The predicted octanol–water partition coefficient (Wildman–Crippen LogP) is 2.04. The van der Waals surface area contributed by atoms with E-state index in [9.17, 15) is 10.1 Å². The summed E-state index contributed by atoms with van der Waals surface area (Å²) < 4.78 is 5.37. The highest BCUT2D eigenvalue weighted by Gasteiger charge is 2.22. The van der Waals surface area contributed by atoms with Crippen molar-refractivity contribution in [2.24, 2.45) is 0 Å². The van der Waals surface area contributed by atoms with Crippen molar-refractivity contribution in [2.75, 3.05) is 30.3 Å². The fraction of sp³-hybridized carbons (Fsp3) is 0.667. The molecule has 0 bridgehead atoms.